The number of hydrogen-bond acceptors (Lipinski definition) is 3. The molecule has 1 heterocycles. The van der Waals surface area contributed by atoms with Crippen molar-refractivity contribution in [2.24, 2.45) is 0 Å². The second kappa shape index (κ2) is 7.99. The van der Waals surface area contributed by atoms with Crippen molar-refractivity contribution in [2.45, 2.75) is 51.6 Å². The first-order chi connectivity index (χ1) is 9.04. The van der Waals surface area contributed by atoms with E-state index in [4.69, 9.17) is 5.11 Å². The van der Waals surface area contributed by atoms with Gasteiger partial charge in [0, 0.05) is 12.6 Å². The van der Waals surface area contributed by atoms with Gasteiger partial charge in [0.2, 0.25) is 0 Å². The molecule has 1 fully saturated rings. The number of carbonyl (C=O) groups excluding carboxylic acids is 1. The molecule has 0 bridgehead atoms. The zero-order chi connectivity index (χ0) is 14.3. The van der Waals surface area contributed by atoms with E-state index in [1.54, 1.807) is 6.92 Å². The molecule has 0 aromatic rings. The number of aliphatic carboxylic acids is 1. The summed E-state index contributed by atoms with van der Waals surface area (Å²) >= 11 is 0. The number of carboxylic acids is 1. The molecule has 0 spiro atoms. The highest BCUT2D eigenvalue weighted by molar-refractivity contribution is 5.82. The lowest BCUT2D eigenvalue weighted by atomic mass is 10.1. The normalized spacial score (nSPS) is 19.5. The minimum Gasteiger partial charge on any atom is -0.480 e. The molecule has 2 atom stereocenters. The molecule has 2 amide bonds. The Balaban J connectivity index is 2.26. The lowest BCUT2D eigenvalue weighted by molar-refractivity contribution is -0.139. The number of nitrogens with zero attached hydrogens (tertiary/aromatic N) is 1. The van der Waals surface area contributed by atoms with E-state index in [9.17, 15) is 9.59 Å². The summed E-state index contributed by atoms with van der Waals surface area (Å²) in [7, 11) is 0. The van der Waals surface area contributed by atoms with Crippen LogP contribution in [-0.4, -0.2) is 53.7 Å². The highest BCUT2D eigenvalue weighted by Gasteiger charge is 2.19. The maximum Gasteiger partial charge on any atom is 0.326 e. The van der Waals surface area contributed by atoms with Crippen LogP contribution in [0.4, 0.5) is 4.79 Å². The van der Waals surface area contributed by atoms with Crippen LogP contribution < -0.4 is 10.6 Å². The molecule has 0 saturated carbocycles. The molecule has 6 nitrogen and oxygen atoms in total. The third-order valence-corrected chi connectivity index (χ3v) is 3.58. The van der Waals surface area contributed by atoms with Gasteiger partial charge >= 0.3 is 12.0 Å². The van der Waals surface area contributed by atoms with Crippen molar-refractivity contribution in [1.29, 1.82) is 0 Å². The first kappa shape index (κ1) is 15.8. The molecule has 6 heteroatoms. The van der Waals surface area contributed by atoms with E-state index in [1.807, 2.05) is 0 Å². The molecule has 19 heavy (non-hydrogen) atoms. The summed E-state index contributed by atoms with van der Waals surface area (Å²) in [5, 5.41) is 14.1. The van der Waals surface area contributed by atoms with E-state index in [-0.39, 0.29) is 6.04 Å². The predicted octanol–water partition coefficient (Wildman–Crippen LogP) is 1.02. The van der Waals surface area contributed by atoms with Crippen LogP contribution in [0.3, 0.4) is 0 Å². The third-order valence-electron chi connectivity index (χ3n) is 3.58. The first-order valence-electron chi connectivity index (χ1n) is 7.05. The van der Waals surface area contributed by atoms with Crippen LogP contribution in [0.2, 0.25) is 0 Å². The van der Waals surface area contributed by atoms with E-state index >= 15 is 0 Å². The molecule has 2 unspecified atom stereocenters. The second-order valence-corrected chi connectivity index (χ2v) is 5.10. The van der Waals surface area contributed by atoms with Crippen molar-refractivity contribution in [3.05, 3.63) is 0 Å². The molecule has 0 aliphatic carbocycles. The van der Waals surface area contributed by atoms with Crippen LogP contribution in [0.15, 0.2) is 0 Å². The van der Waals surface area contributed by atoms with E-state index < -0.39 is 18.0 Å². The fraction of sp³-hybridized carbons (Fsp3) is 0.846. The molecule has 0 aromatic carbocycles. The molecule has 0 radical (unpaired) electrons. The van der Waals surface area contributed by atoms with Gasteiger partial charge in [0.1, 0.15) is 6.04 Å². The highest BCUT2D eigenvalue weighted by atomic mass is 16.4. The van der Waals surface area contributed by atoms with Crippen molar-refractivity contribution in [3.63, 3.8) is 0 Å². The fourth-order valence-corrected chi connectivity index (χ4v) is 2.28. The monoisotopic (exact) mass is 271 g/mol. The minimum absolute atomic E-state index is 0.288. The van der Waals surface area contributed by atoms with Gasteiger partial charge in [-0.1, -0.05) is 13.3 Å². The van der Waals surface area contributed by atoms with Gasteiger partial charge in [0.05, 0.1) is 0 Å². The van der Waals surface area contributed by atoms with Gasteiger partial charge in [-0.05, 0) is 39.3 Å². The second-order valence-electron chi connectivity index (χ2n) is 5.10. The van der Waals surface area contributed by atoms with Gasteiger partial charge in [-0.3, -0.25) is 4.90 Å². The Morgan fingerprint density at radius 2 is 1.89 bits per heavy atom. The Labute approximate surface area is 114 Å². The SMILES string of the molecule is CCC(NC(=O)NCC(C)N1CCCCC1)C(=O)O. The summed E-state index contributed by atoms with van der Waals surface area (Å²) in [5.41, 5.74) is 0. The first-order valence-corrected chi connectivity index (χ1v) is 7.05. The lowest BCUT2D eigenvalue weighted by Gasteiger charge is -2.32. The number of carbonyl (C=O) groups is 2. The van der Waals surface area contributed by atoms with Crippen LogP contribution in [0.5, 0.6) is 0 Å². The smallest absolute Gasteiger partial charge is 0.326 e. The predicted molar refractivity (Wildman–Crippen MR) is 73.1 cm³/mol. The van der Waals surface area contributed by atoms with E-state index in [0.29, 0.717) is 13.0 Å². The maximum absolute atomic E-state index is 11.6. The highest BCUT2D eigenvalue weighted by Crippen LogP contribution is 2.11. The van der Waals surface area contributed by atoms with Crippen LogP contribution in [0.1, 0.15) is 39.5 Å². The van der Waals surface area contributed by atoms with E-state index in [0.717, 1.165) is 13.1 Å². The average molecular weight is 271 g/mol. The molecule has 0 aromatic heterocycles. The van der Waals surface area contributed by atoms with E-state index in [1.165, 1.54) is 19.3 Å². The standard InChI is InChI=1S/C13H25N3O3/c1-3-11(12(17)18)15-13(19)14-9-10(2)16-7-5-4-6-8-16/h10-11H,3-9H2,1-2H3,(H,17,18)(H2,14,15,19). The molecule has 3 N–H and O–H groups in total. The quantitative estimate of drug-likeness (QED) is 0.674. The van der Waals surface area contributed by atoms with Crippen molar-refractivity contribution in [2.75, 3.05) is 19.6 Å². The van der Waals surface area contributed by atoms with Gasteiger partial charge in [0.25, 0.3) is 0 Å². The van der Waals surface area contributed by atoms with Gasteiger partial charge in [-0.2, -0.15) is 0 Å². The molecular weight excluding hydrogens is 246 g/mol. The Bertz CT molecular complexity index is 304. The van der Waals surface area contributed by atoms with Crippen LogP contribution in [0.25, 0.3) is 0 Å². The third kappa shape index (κ3) is 5.46. The Hall–Kier alpha value is -1.30. The lowest BCUT2D eigenvalue weighted by Crippen LogP contribution is -2.50. The fourth-order valence-electron chi connectivity index (χ4n) is 2.28. The number of piperidine rings is 1. The molecule has 1 rings (SSSR count). The molecule has 110 valence electrons. The maximum atomic E-state index is 11.6. The van der Waals surface area contributed by atoms with Gasteiger partial charge < -0.3 is 15.7 Å². The number of amides is 2. The van der Waals surface area contributed by atoms with Crippen LogP contribution >= 0.6 is 0 Å². The number of rotatable bonds is 6. The van der Waals surface area contributed by atoms with Gasteiger partial charge in [-0.25, -0.2) is 9.59 Å². The molecule has 1 saturated heterocycles. The minimum atomic E-state index is -0.998. The summed E-state index contributed by atoms with van der Waals surface area (Å²) in [4.78, 5) is 24.8. The zero-order valence-corrected chi connectivity index (χ0v) is 11.8. The largest absolute Gasteiger partial charge is 0.480 e. The summed E-state index contributed by atoms with van der Waals surface area (Å²) in [6.45, 7) is 6.52. The van der Waals surface area contributed by atoms with Crippen molar-refractivity contribution < 1.29 is 14.7 Å². The van der Waals surface area contributed by atoms with Crippen molar-refractivity contribution >= 4 is 12.0 Å². The van der Waals surface area contributed by atoms with Crippen molar-refractivity contribution in [1.82, 2.24) is 15.5 Å². The summed E-state index contributed by atoms with van der Waals surface area (Å²) in [6, 6.07) is -0.931. The number of likely N-dealkylation sites (tertiary alicyclic amines) is 1. The van der Waals surface area contributed by atoms with Gasteiger partial charge in [0.15, 0.2) is 0 Å². The van der Waals surface area contributed by atoms with Gasteiger partial charge in [-0.15, -0.1) is 0 Å². The molecule has 1 aliphatic heterocycles. The molecule has 1 aliphatic rings. The summed E-state index contributed by atoms with van der Waals surface area (Å²) < 4.78 is 0. The Morgan fingerprint density at radius 1 is 1.26 bits per heavy atom. The summed E-state index contributed by atoms with van der Waals surface area (Å²) in [6.07, 6.45) is 4.10. The summed E-state index contributed by atoms with van der Waals surface area (Å²) in [5.74, 6) is -0.998. The number of hydrogen-bond donors (Lipinski definition) is 3. The number of urea groups is 1. The van der Waals surface area contributed by atoms with E-state index in [2.05, 4.69) is 22.5 Å². The van der Waals surface area contributed by atoms with Crippen molar-refractivity contribution in [3.8, 4) is 0 Å². The Kier molecular flexibility index (Phi) is 6.62. The topological polar surface area (TPSA) is 81.7 Å². The zero-order valence-electron chi connectivity index (χ0n) is 11.8. The Morgan fingerprint density at radius 3 is 2.42 bits per heavy atom. The van der Waals surface area contributed by atoms with Crippen LogP contribution in [0, 0.1) is 0 Å². The molecular formula is C13H25N3O3. The number of nitrogens with one attached hydrogen (secondary N) is 2. The number of carboxylic acid groups (broad SMARTS) is 1. The van der Waals surface area contributed by atoms with Crippen LogP contribution in [-0.2, 0) is 4.79 Å². The average Bonchev–Trinajstić information content (AvgIpc) is 2.42.